The van der Waals surface area contributed by atoms with Crippen LogP contribution in [0.4, 0.5) is 11.6 Å². The third kappa shape index (κ3) is 4.71. The van der Waals surface area contributed by atoms with Crippen molar-refractivity contribution in [3.8, 4) is 0 Å². The van der Waals surface area contributed by atoms with Gasteiger partial charge in [0.05, 0.1) is 6.54 Å². The molecule has 1 unspecified atom stereocenters. The van der Waals surface area contributed by atoms with Gasteiger partial charge in [0.1, 0.15) is 17.5 Å². The number of pyridine rings is 2. The molecule has 1 fully saturated rings. The lowest BCUT2D eigenvalue weighted by molar-refractivity contribution is 0.162. The minimum absolute atomic E-state index is 0.636. The van der Waals surface area contributed by atoms with Gasteiger partial charge in [0.2, 0.25) is 0 Å². The maximum absolute atomic E-state index is 4.79. The Morgan fingerprint density at radius 2 is 2.00 bits per heavy atom. The van der Waals surface area contributed by atoms with Crippen LogP contribution in [0.25, 0.3) is 0 Å². The molecule has 3 aromatic heterocycles. The van der Waals surface area contributed by atoms with Crippen molar-refractivity contribution in [3.05, 3.63) is 66.5 Å². The topological polar surface area (TPSA) is 58.9 Å². The van der Waals surface area contributed by atoms with Gasteiger partial charge in [-0.15, -0.1) is 0 Å². The first-order valence-electron chi connectivity index (χ1n) is 9.59. The molecule has 1 saturated heterocycles. The molecule has 0 radical (unpaired) electrons. The van der Waals surface area contributed by atoms with Crippen LogP contribution in [0.3, 0.4) is 0 Å². The van der Waals surface area contributed by atoms with Crippen LogP contribution in [-0.4, -0.2) is 37.5 Å². The monoisotopic (exact) mass is 362 g/mol. The molecule has 140 valence electrons. The number of hydrogen-bond donors (Lipinski definition) is 1. The molecule has 0 amide bonds. The zero-order valence-electron chi connectivity index (χ0n) is 15.8. The van der Waals surface area contributed by atoms with Gasteiger partial charge in [0.15, 0.2) is 0 Å². The molecular formula is C21H26N6. The number of likely N-dealkylation sites (tertiary alicyclic amines) is 1. The Labute approximate surface area is 160 Å². The summed E-state index contributed by atoms with van der Waals surface area (Å²) < 4.78 is 2.11. The summed E-state index contributed by atoms with van der Waals surface area (Å²) in [5.74, 6) is 3.44. The highest BCUT2D eigenvalue weighted by Gasteiger charge is 2.21. The average molecular weight is 362 g/mol. The Morgan fingerprint density at radius 3 is 2.81 bits per heavy atom. The number of anilines is 2. The van der Waals surface area contributed by atoms with Crippen LogP contribution in [0.5, 0.6) is 0 Å². The molecule has 6 heteroatoms. The number of rotatable bonds is 6. The Kier molecular flexibility index (Phi) is 5.44. The van der Waals surface area contributed by atoms with Gasteiger partial charge in [0, 0.05) is 37.9 Å². The van der Waals surface area contributed by atoms with Crippen molar-refractivity contribution >= 4 is 11.6 Å². The van der Waals surface area contributed by atoms with E-state index in [-0.39, 0.29) is 0 Å². The van der Waals surface area contributed by atoms with Crippen molar-refractivity contribution in [2.45, 2.75) is 25.8 Å². The molecule has 0 aromatic carbocycles. The summed E-state index contributed by atoms with van der Waals surface area (Å²) in [7, 11) is 2.06. The Bertz CT molecular complexity index is 860. The number of piperidine rings is 1. The molecule has 1 aliphatic heterocycles. The fourth-order valence-electron chi connectivity index (χ4n) is 3.74. The van der Waals surface area contributed by atoms with E-state index < -0.39 is 0 Å². The van der Waals surface area contributed by atoms with Gasteiger partial charge >= 0.3 is 0 Å². The lowest BCUT2D eigenvalue weighted by atomic mass is 9.93. The van der Waals surface area contributed by atoms with E-state index in [2.05, 4.69) is 43.9 Å². The van der Waals surface area contributed by atoms with E-state index in [0.29, 0.717) is 5.92 Å². The molecule has 0 bridgehead atoms. The Balaban J connectivity index is 1.37. The summed E-state index contributed by atoms with van der Waals surface area (Å²) in [4.78, 5) is 16.1. The first kappa shape index (κ1) is 17.7. The van der Waals surface area contributed by atoms with Gasteiger partial charge in [-0.1, -0.05) is 12.1 Å². The summed E-state index contributed by atoms with van der Waals surface area (Å²) in [5, 5.41) is 3.28. The number of imidazole rings is 1. The Morgan fingerprint density at radius 1 is 1.07 bits per heavy atom. The van der Waals surface area contributed by atoms with Crippen LogP contribution in [0.15, 0.2) is 55.0 Å². The van der Waals surface area contributed by atoms with Crippen molar-refractivity contribution in [2.24, 2.45) is 13.0 Å². The second-order valence-corrected chi connectivity index (χ2v) is 7.26. The van der Waals surface area contributed by atoms with Crippen molar-refractivity contribution < 1.29 is 0 Å². The SMILES string of the molecule is Cn1ccnc1CN1CCCC(Cc2cccc(Nc3ccccn3)n2)C1. The number of nitrogens with one attached hydrogen (secondary N) is 1. The zero-order valence-corrected chi connectivity index (χ0v) is 15.8. The highest BCUT2D eigenvalue weighted by molar-refractivity contribution is 5.51. The predicted molar refractivity (Wildman–Crippen MR) is 107 cm³/mol. The van der Waals surface area contributed by atoms with Gasteiger partial charge in [-0.25, -0.2) is 15.0 Å². The molecule has 4 rings (SSSR count). The number of aromatic nitrogens is 4. The van der Waals surface area contributed by atoms with E-state index in [1.165, 1.54) is 12.8 Å². The van der Waals surface area contributed by atoms with Crippen molar-refractivity contribution in [1.29, 1.82) is 0 Å². The maximum Gasteiger partial charge on any atom is 0.131 e. The number of hydrogen-bond acceptors (Lipinski definition) is 5. The normalized spacial score (nSPS) is 17.7. The van der Waals surface area contributed by atoms with E-state index in [1.54, 1.807) is 6.20 Å². The molecule has 27 heavy (non-hydrogen) atoms. The number of nitrogens with zero attached hydrogens (tertiary/aromatic N) is 5. The average Bonchev–Trinajstić information content (AvgIpc) is 3.08. The van der Waals surface area contributed by atoms with Gasteiger partial charge < -0.3 is 9.88 Å². The molecule has 0 aliphatic carbocycles. The van der Waals surface area contributed by atoms with Gasteiger partial charge in [0.25, 0.3) is 0 Å². The highest BCUT2D eigenvalue weighted by atomic mass is 15.2. The lowest BCUT2D eigenvalue weighted by Gasteiger charge is -2.32. The van der Waals surface area contributed by atoms with Gasteiger partial charge in [-0.3, -0.25) is 4.90 Å². The van der Waals surface area contributed by atoms with Crippen LogP contribution < -0.4 is 5.32 Å². The smallest absolute Gasteiger partial charge is 0.131 e. The van der Waals surface area contributed by atoms with E-state index in [4.69, 9.17) is 4.98 Å². The van der Waals surface area contributed by atoms with Crippen LogP contribution in [0, 0.1) is 5.92 Å². The molecule has 0 spiro atoms. The number of aryl methyl sites for hydroxylation is 1. The second-order valence-electron chi connectivity index (χ2n) is 7.26. The van der Waals surface area contributed by atoms with E-state index in [0.717, 1.165) is 49.2 Å². The van der Waals surface area contributed by atoms with Crippen LogP contribution in [0.2, 0.25) is 0 Å². The molecular weight excluding hydrogens is 336 g/mol. The molecule has 1 aliphatic rings. The van der Waals surface area contributed by atoms with Gasteiger partial charge in [-0.05, 0) is 56.0 Å². The quantitative estimate of drug-likeness (QED) is 0.728. The molecule has 1 atom stereocenters. The summed E-state index contributed by atoms with van der Waals surface area (Å²) in [6, 6.07) is 12.0. The standard InChI is InChI=1S/C21H26N6/c1-26-13-11-23-21(26)16-27-12-5-6-17(15-27)14-18-7-4-9-20(24-18)25-19-8-2-3-10-22-19/h2-4,7-11,13,17H,5-6,12,14-16H2,1H3,(H,22,24,25). The molecule has 3 aromatic rings. The summed E-state index contributed by atoms with van der Waals surface area (Å²) in [6.07, 6.45) is 9.18. The van der Waals surface area contributed by atoms with E-state index in [9.17, 15) is 0 Å². The fraction of sp³-hybridized carbons (Fsp3) is 0.381. The summed E-state index contributed by atoms with van der Waals surface area (Å²) in [6.45, 7) is 3.18. The minimum Gasteiger partial charge on any atom is -0.337 e. The highest BCUT2D eigenvalue weighted by Crippen LogP contribution is 2.22. The van der Waals surface area contributed by atoms with Crippen LogP contribution in [0.1, 0.15) is 24.4 Å². The van der Waals surface area contributed by atoms with Crippen molar-refractivity contribution in [1.82, 2.24) is 24.4 Å². The fourth-order valence-corrected chi connectivity index (χ4v) is 3.74. The lowest BCUT2D eigenvalue weighted by Crippen LogP contribution is -2.36. The Hall–Kier alpha value is -2.73. The van der Waals surface area contributed by atoms with Crippen molar-refractivity contribution in [3.63, 3.8) is 0 Å². The van der Waals surface area contributed by atoms with Crippen LogP contribution in [-0.2, 0) is 20.0 Å². The first-order valence-corrected chi connectivity index (χ1v) is 9.59. The van der Waals surface area contributed by atoms with Crippen LogP contribution >= 0.6 is 0 Å². The van der Waals surface area contributed by atoms with Gasteiger partial charge in [-0.2, -0.15) is 0 Å². The summed E-state index contributed by atoms with van der Waals surface area (Å²) >= 11 is 0. The largest absolute Gasteiger partial charge is 0.337 e. The summed E-state index contributed by atoms with van der Waals surface area (Å²) in [5.41, 5.74) is 1.14. The molecule has 4 heterocycles. The minimum atomic E-state index is 0.636. The third-order valence-corrected chi connectivity index (χ3v) is 5.11. The molecule has 1 N–H and O–H groups in total. The van der Waals surface area contributed by atoms with E-state index in [1.807, 2.05) is 36.7 Å². The zero-order chi connectivity index (χ0) is 18.5. The van der Waals surface area contributed by atoms with Crippen molar-refractivity contribution in [2.75, 3.05) is 18.4 Å². The first-order chi connectivity index (χ1) is 13.3. The third-order valence-electron chi connectivity index (χ3n) is 5.11. The maximum atomic E-state index is 4.79. The molecule has 0 saturated carbocycles. The predicted octanol–water partition coefficient (Wildman–Crippen LogP) is 3.41. The van der Waals surface area contributed by atoms with E-state index >= 15 is 0 Å². The molecule has 6 nitrogen and oxygen atoms in total. The second kappa shape index (κ2) is 8.31.